The van der Waals surface area contributed by atoms with Crippen molar-refractivity contribution in [2.24, 2.45) is 0 Å². The minimum Gasteiger partial charge on any atom is -0.354 e. The average Bonchev–Trinajstić information content (AvgIpc) is 3.06. The molecule has 0 aliphatic heterocycles. The van der Waals surface area contributed by atoms with Crippen LogP contribution in [-0.4, -0.2) is 9.97 Å². The van der Waals surface area contributed by atoms with Crippen LogP contribution in [0.25, 0.3) is 54.3 Å². The Hall–Kier alpha value is -3.39. The Kier molecular flexibility index (Phi) is 2.37. The number of fused-ring (bicyclic) bond motifs is 9. The fraction of sp³-hybridized carbons (Fsp3) is 0. The maximum Gasteiger partial charge on any atom is 0.0780 e. The lowest BCUT2D eigenvalue weighted by atomic mass is 9.98. The molecule has 0 atom stereocenters. The molecule has 0 bridgehead atoms. The normalized spacial score (nSPS) is 12.0. The fourth-order valence-electron chi connectivity index (χ4n) is 4.09. The molecular weight excluding hydrogens is 304 g/mol. The van der Waals surface area contributed by atoms with Crippen LogP contribution in [0.15, 0.2) is 79.0 Å². The van der Waals surface area contributed by atoms with Gasteiger partial charge < -0.3 is 4.98 Å². The fourth-order valence-corrected chi connectivity index (χ4v) is 4.09. The maximum atomic E-state index is 4.61. The van der Waals surface area contributed by atoms with Crippen LogP contribution < -0.4 is 0 Å². The van der Waals surface area contributed by atoms with Crippen molar-refractivity contribution in [2.45, 2.75) is 0 Å². The van der Waals surface area contributed by atoms with Gasteiger partial charge in [-0.2, -0.15) is 0 Å². The van der Waals surface area contributed by atoms with Crippen LogP contribution in [0, 0.1) is 0 Å². The highest BCUT2D eigenvalue weighted by atomic mass is 14.7. The van der Waals surface area contributed by atoms with Gasteiger partial charge in [-0.25, -0.2) is 0 Å². The Bertz CT molecular complexity index is 1440. The third kappa shape index (κ3) is 1.66. The van der Waals surface area contributed by atoms with Crippen LogP contribution >= 0.6 is 0 Å². The molecule has 0 aliphatic rings. The summed E-state index contributed by atoms with van der Waals surface area (Å²) < 4.78 is 0. The van der Waals surface area contributed by atoms with Crippen molar-refractivity contribution in [3.63, 3.8) is 0 Å². The summed E-state index contributed by atoms with van der Waals surface area (Å²) >= 11 is 0. The summed E-state index contributed by atoms with van der Waals surface area (Å²) in [6, 6.07) is 25.9. The third-order valence-corrected chi connectivity index (χ3v) is 5.24. The van der Waals surface area contributed by atoms with Crippen LogP contribution in [0.2, 0.25) is 0 Å². The SMILES string of the molecule is c1cnc2c(c1)ccc1c3ccc4c5ccccc5[nH]c4c3ccc12. The Balaban J connectivity index is 1.84. The molecule has 6 aromatic rings. The molecule has 0 aliphatic carbocycles. The quantitative estimate of drug-likeness (QED) is 0.333. The second kappa shape index (κ2) is 4.58. The zero-order valence-corrected chi connectivity index (χ0v) is 13.5. The topological polar surface area (TPSA) is 28.7 Å². The van der Waals surface area contributed by atoms with Crippen LogP contribution in [0.1, 0.15) is 0 Å². The monoisotopic (exact) mass is 318 g/mol. The number of hydrogen-bond acceptors (Lipinski definition) is 1. The lowest BCUT2D eigenvalue weighted by molar-refractivity contribution is 1.43. The number of rotatable bonds is 0. The molecule has 2 heterocycles. The first-order valence-corrected chi connectivity index (χ1v) is 8.50. The zero-order chi connectivity index (χ0) is 16.4. The van der Waals surface area contributed by atoms with E-state index in [0.717, 1.165) is 5.52 Å². The lowest BCUT2D eigenvalue weighted by Crippen LogP contribution is -1.84. The summed E-state index contributed by atoms with van der Waals surface area (Å²) in [5.74, 6) is 0. The van der Waals surface area contributed by atoms with E-state index in [2.05, 4.69) is 76.7 Å². The van der Waals surface area contributed by atoms with Gasteiger partial charge in [0.2, 0.25) is 0 Å². The van der Waals surface area contributed by atoms with Gasteiger partial charge in [0.1, 0.15) is 0 Å². The Morgan fingerprint density at radius 3 is 2.24 bits per heavy atom. The number of nitrogens with one attached hydrogen (secondary N) is 1. The molecule has 0 saturated heterocycles. The molecule has 0 spiro atoms. The summed E-state index contributed by atoms with van der Waals surface area (Å²) in [6.07, 6.45) is 1.87. The van der Waals surface area contributed by atoms with Crippen LogP contribution in [0.3, 0.4) is 0 Å². The predicted octanol–water partition coefficient (Wildman–Crippen LogP) is 6.18. The summed E-state index contributed by atoms with van der Waals surface area (Å²) in [5, 5.41) is 8.73. The number of nitrogens with zero attached hydrogens (tertiary/aromatic N) is 1. The molecule has 0 amide bonds. The van der Waals surface area contributed by atoms with E-state index in [1.807, 2.05) is 12.3 Å². The van der Waals surface area contributed by atoms with E-state index in [1.54, 1.807) is 0 Å². The lowest BCUT2D eigenvalue weighted by Gasteiger charge is -2.07. The number of pyridine rings is 1. The minimum atomic E-state index is 1.07. The number of hydrogen-bond donors (Lipinski definition) is 1. The molecule has 1 N–H and O–H groups in total. The summed E-state index contributed by atoms with van der Waals surface area (Å²) in [6.45, 7) is 0. The molecule has 25 heavy (non-hydrogen) atoms. The summed E-state index contributed by atoms with van der Waals surface area (Å²) in [5.41, 5.74) is 3.46. The van der Waals surface area contributed by atoms with E-state index in [4.69, 9.17) is 0 Å². The van der Waals surface area contributed by atoms with Crippen molar-refractivity contribution in [2.75, 3.05) is 0 Å². The van der Waals surface area contributed by atoms with Crippen molar-refractivity contribution in [3.8, 4) is 0 Å². The van der Waals surface area contributed by atoms with E-state index in [9.17, 15) is 0 Å². The second-order valence-corrected chi connectivity index (χ2v) is 6.56. The van der Waals surface area contributed by atoms with Crippen molar-refractivity contribution in [1.29, 1.82) is 0 Å². The summed E-state index contributed by atoms with van der Waals surface area (Å²) in [7, 11) is 0. The zero-order valence-electron chi connectivity index (χ0n) is 13.5. The van der Waals surface area contributed by atoms with Gasteiger partial charge in [-0.15, -0.1) is 0 Å². The Labute approximate surface area is 143 Å². The van der Waals surface area contributed by atoms with E-state index < -0.39 is 0 Å². The van der Waals surface area contributed by atoms with Crippen molar-refractivity contribution in [1.82, 2.24) is 9.97 Å². The highest BCUT2D eigenvalue weighted by Gasteiger charge is 2.10. The molecular formula is C23H14N2. The first kappa shape index (κ1) is 13.0. The number of benzene rings is 4. The first-order chi connectivity index (χ1) is 12.4. The van der Waals surface area contributed by atoms with Gasteiger partial charge in [-0.3, -0.25) is 4.98 Å². The second-order valence-electron chi connectivity index (χ2n) is 6.56. The van der Waals surface area contributed by atoms with Gasteiger partial charge in [0.25, 0.3) is 0 Å². The predicted molar refractivity (Wildman–Crippen MR) is 106 cm³/mol. The van der Waals surface area contributed by atoms with Crippen molar-refractivity contribution >= 4 is 54.3 Å². The standard InChI is InChI=1S/C23H14N2/c1-2-6-21-17(5-1)20-10-9-16-15-8-7-14-4-3-13-24-22(14)18(15)11-12-19(16)23(20)25-21/h1-13,25H. The van der Waals surface area contributed by atoms with Gasteiger partial charge in [0, 0.05) is 38.6 Å². The first-order valence-electron chi connectivity index (χ1n) is 8.50. The van der Waals surface area contributed by atoms with Gasteiger partial charge >= 0.3 is 0 Å². The van der Waals surface area contributed by atoms with E-state index in [1.165, 1.54) is 48.7 Å². The van der Waals surface area contributed by atoms with Gasteiger partial charge in [0.15, 0.2) is 0 Å². The Morgan fingerprint density at radius 1 is 0.560 bits per heavy atom. The molecule has 0 unspecified atom stereocenters. The maximum absolute atomic E-state index is 4.61. The molecule has 2 nitrogen and oxygen atoms in total. The van der Waals surface area contributed by atoms with Crippen LogP contribution in [0.4, 0.5) is 0 Å². The van der Waals surface area contributed by atoms with Crippen LogP contribution in [-0.2, 0) is 0 Å². The average molecular weight is 318 g/mol. The van der Waals surface area contributed by atoms with Crippen molar-refractivity contribution < 1.29 is 0 Å². The molecule has 0 fully saturated rings. The molecule has 6 rings (SSSR count). The molecule has 2 heteroatoms. The highest BCUT2D eigenvalue weighted by Crippen LogP contribution is 2.36. The van der Waals surface area contributed by atoms with E-state index >= 15 is 0 Å². The van der Waals surface area contributed by atoms with Crippen LogP contribution in [0.5, 0.6) is 0 Å². The number of aromatic amines is 1. The smallest absolute Gasteiger partial charge is 0.0780 e. The Morgan fingerprint density at radius 2 is 1.28 bits per heavy atom. The van der Waals surface area contributed by atoms with Gasteiger partial charge in [-0.05, 0) is 22.9 Å². The number of H-pyrrole nitrogens is 1. The molecule has 2 aromatic heterocycles. The third-order valence-electron chi connectivity index (χ3n) is 5.24. The van der Waals surface area contributed by atoms with Gasteiger partial charge in [-0.1, -0.05) is 60.7 Å². The molecule has 4 aromatic carbocycles. The number of para-hydroxylation sites is 1. The van der Waals surface area contributed by atoms with E-state index in [-0.39, 0.29) is 0 Å². The largest absolute Gasteiger partial charge is 0.354 e. The minimum absolute atomic E-state index is 1.07. The number of aromatic nitrogens is 2. The molecule has 116 valence electrons. The van der Waals surface area contributed by atoms with Crippen molar-refractivity contribution in [3.05, 3.63) is 79.0 Å². The molecule has 0 saturated carbocycles. The molecule has 0 radical (unpaired) electrons. The summed E-state index contributed by atoms with van der Waals surface area (Å²) in [4.78, 5) is 8.21. The van der Waals surface area contributed by atoms with E-state index in [0.29, 0.717) is 0 Å². The highest BCUT2D eigenvalue weighted by molar-refractivity contribution is 6.24. The van der Waals surface area contributed by atoms with Gasteiger partial charge in [0.05, 0.1) is 11.0 Å².